The molecule has 2 aromatic carbocycles. The summed E-state index contributed by atoms with van der Waals surface area (Å²) in [5.41, 5.74) is 2.33. The van der Waals surface area contributed by atoms with Crippen molar-refractivity contribution in [1.29, 1.82) is 0 Å². The lowest BCUT2D eigenvalue weighted by molar-refractivity contribution is 0.0592. The smallest absolute Gasteiger partial charge is 0.343 e. The van der Waals surface area contributed by atoms with Gasteiger partial charge in [0.1, 0.15) is 23.7 Å². The van der Waals surface area contributed by atoms with Gasteiger partial charge in [-0.15, -0.1) is 0 Å². The van der Waals surface area contributed by atoms with Crippen molar-refractivity contribution >= 4 is 5.97 Å². The number of aromatic nitrogens is 1. The Morgan fingerprint density at radius 1 is 0.889 bits per heavy atom. The number of ether oxygens (including phenoxy) is 4. The van der Waals surface area contributed by atoms with E-state index >= 15 is 0 Å². The molecule has 0 amide bonds. The number of esters is 1. The fraction of sp³-hybridized carbons (Fsp3) is 0.333. The highest BCUT2D eigenvalue weighted by Gasteiger charge is 2.26. The predicted octanol–water partition coefficient (Wildman–Crippen LogP) is 3.43. The lowest BCUT2D eigenvalue weighted by Gasteiger charge is -2.20. The first-order valence-corrected chi connectivity index (χ1v) is 11.6. The summed E-state index contributed by atoms with van der Waals surface area (Å²) in [6.45, 7) is 2.39. The number of hydrogen-bond donors (Lipinski definition) is 0. The Morgan fingerprint density at radius 3 is 2.31 bits per heavy atom. The fourth-order valence-corrected chi connectivity index (χ4v) is 4.37. The third kappa shape index (κ3) is 5.52. The van der Waals surface area contributed by atoms with Crippen molar-refractivity contribution < 1.29 is 28.1 Å². The van der Waals surface area contributed by atoms with E-state index in [-0.39, 0.29) is 29.3 Å². The van der Waals surface area contributed by atoms with Crippen LogP contribution in [0.5, 0.6) is 17.2 Å². The molecule has 1 aliphatic rings. The van der Waals surface area contributed by atoms with Crippen LogP contribution in [0.3, 0.4) is 0 Å². The molecule has 1 aliphatic heterocycles. The van der Waals surface area contributed by atoms with Gasteiger partial charge in [0.05, 0.1) is 21.3 Å². The Morgan fingerprint density at radius 2 is 1.61 bits per heavy atom. The van der Waals surface area contributed by atoms with Crippen molar-refractivity contribution in [2.75, 3.05) is 34.4 Å². The molecule has 0 fully saturated rings. The number of carbonyl (C=O) groups excluding carboxylic acids is 1. The standard InChI is InChI=1S/C27H29FN2O6/c1-33-22-9-6-19(14-23(22)34-2)16-29-11-10-21-26(27(32)35-3)24(15-25(31)30(21)13-12-29)36-17-18-4-7-20(28)8-5-18/h4-9,14-15H,10-13,16-17H2,1-3H3. The van der Waals surface area contributed by atoms with Gasteiger partial charge in [0, 0.05) is 44.4 Å². The van der Waals surface area contributed by atoms with Gasteiger partial charge in [-0.1, -0.05) is 18.2 Å². The van der Waals surface area contributed by atoms with Gasteiger partial charge in [-0.25, -0.2) is 9.18 Å². The minimum atomic E-state index is -0.568. The zero-order chi connectivity index (χ0) is 25.7. The monoisotopic (exact) mass is 496 g/mol. The van der Waals surface area contributed by atoms with Gasteiger partial charge >= 0.3 is 5.97 Å². The molecular weight excluding hydrogens is 467 g/mol. The molecular formula is C27H29FN2O6. The van der Waals surface area contributed by atoms with E-state index in [1.807, 2.05) is 18.2 Å². The molecule has 8 nitrogen and oxygen atoms in total. The molecule has 0 spiro atoms. The number of halogens is 1. The molecule has 36 heavy (non-hydrogen) atoms. The maximum Gasteiger partial charge on any atom is 0.343 e. The van der Waals surface area contributed by atoms with Crippen LogP contribution in [0.2, 0.25) is 0 Å². The van der Waals surface area contributed by atoms with Crippen LogP contribution in [-0.4, -0.2) is 49.9 Å². The van der Waals surface area contributed by atoms with E-state index < -0.39 is 5.97 Å². The van der Waals surface area contributed by atoms with Gasteiger partial charge < -0.3 is 23.5 Å². The van der Waals surface area contributed by atoms with Gasteiger partial charge in [-0.05, 0) is 35.4 Å². The molecule has 190 valence electrons. The molecule has 0 saturated heterocycles. The van der Waals surface area contributed by atoms with Crippen molar-refractivity contribution in [2.24, 2.45) is 0 Å². The highest BCUT2D eigenvalue weighted by molar-refractivity contribution is 5.93. The second-order valence-electron chi connectivity index (χ2n) is 8.44. The van der Waals surface area contributed by atoms with Gasteiger partial charge in [-0.3, -0.25) is 9.69 Å². The molecule has 0 atom stereocenters. The first kappa shape index (κ1) is 25.2. The fourth-order valence-electron chi connectivity index (χ4n) is 4.37. The lowest BCUT2D eigenvalue weighted by atomic mass is 10.1. The van der Waals surface area contributed by atoms with Gasteiger partial charge in [-0.2, -0.15) is 0 Å². The molecule has 0 radical (unpaired) electrons. The molecule has 0 unspecified atom stereocenters. The van der Waals surface area contributed by atoms with Crippen LogP contribution in [0.4, 0.5) is 4.39 Å². The van der Waals surface area contributed by atoms with Crippen LogP contribution >= 0.6 is 0 Å². The van der Waals surface area contributed by atoms with Crippen molar-refractivity contribution in [3.8, 4) is 17.2 Å². The average Bonchev–Trinajstić information content (AvgIpc) is 3.11. The number of hydrogen-bond acceptors (Lipinski definition) is 7. The minimum Gasteiger partial charge on any atom is -0.493 e. The van der Waals surface area contributed by atoms with Crippen molar-refractivity contribution in [3.05, 3.63) is 87.1 Å². The molecule has 0 bridgehead atoms. The Balaban J connectivity index is 1.58. The van der Waals surface area contributed by atoms with Crippen LogP contribution in [-0.2, 0) is 30.9 Å². The maximum absolute atomic E-state index is 13.2. The first-order chi connectivity index (χ1) is 17.4. The Bertz CT molecular complexity index is 1290. The number of benzene rings is 2. The normalized spacial score (nSPS) is 13.4. The van der Waals surface area contributed by atoms with E-state index in [9.17, 15) is 14.0 Å². The van der Waals surface area contributed by atoms with Gasteiger partial charge in [0.15, 0.2) is 11.5 Å². The van der Waals surface area contributed by atoms with Crippen molar-refractivity contribution in [1.82, 2.24) is 9.47 Å². The second kappa shape index (κ2) is 11.3. The van der Waals surface area contributed by atoms with E-state index in [1.165, 1.54) is 25.3 Å². The zero-order valence-electron chi connectivity index (χ0n) is 20.6. The highest BCUT2D eigenvalue weighted by Crippen LogP contribution is 2.29. The third-order valence-electron chi connectivity index (χ3n) is 6.24. The minimum absolute atomic E-state index is 0.0819. The number of nitrogens with zero attached hydrogens (tertiary/aromatic N) is 2. The SMILES string of the molecule is COC(=O)c1c(OCc2ccc(F)cc2)cc(=O)n2c1CCN(Cc1ccc(OC)c(OC)c1)CC2. The van der Waals surface area contributed by atoms with Crippen molar-refractivity contribution in [3.63, 3.8) is 0 Å². The van der Waals surface area contributed by atoms with E-state index in [0.717, 1.165) is 5.56 Å². The van der Waals surface area contributed by atoms with Crippen LogP contribution < -0.4 is 19.8 Å². The number of methoxy groups -OCH3 is 3. The highest BCUT2D eigenvalue weighted by atomic mass is 19.1. The summed E-state index contributed by atoms with van der Waals surface area (Å²) in [4.78, 5) is 28.0. The van der Waals surface area contributed by atoms with E-state index in [0.29, 0.717) is 55.4 Å². The summed E-state index contributed by atoms with van der Waals surface area (Å²) in [5, 5.41) is 0. The molecule has 1 aromatic heterocycles. The molecule has 0 aliphatic carbocycles. The lowest BCUT2D eigenvalue weighted by Crippen LogP contribution is -2.29. The van der Waals surface area contributed by atoms with Crippen LogP contribution in [0, 0.1) is 5.82 Å². The summed E-state index contributed by atoms with van der Waals surface area (Å²) < 4.78 is 36.5. The summed E-state index contributed by atoms with van der Waals surface area (Å²) in [7, 11) is 4.49. The molecule has 9 heteroatoms. The van der Waals surface area contributed by atoms with Crippen LogP contribution in [0.15, 0.2) is 53.3 Å². The maximum atomic E-state index is 13.2. The molecule has 0 N–H and O–H groups in total. The summed E-state index contributed by atoms with van der Waals surface area (Å²) in [6.07, 6.45) is 0.459. The number of rotatable bonds is 8. The van der Waals surface area contributed by atoms with Crippen LogP contribution in [0.25, 0.3) is 0 Å². The second-order valence-corrected chi connectivity index (χ2v) is 8.44. The third-order valence-corrected chi connectivity index (χ3v) is 6.24. The zero-order valence-corrected chi connectivity index (χ0v) is 20.6. The van der Waals surface area contributed by atoms with E-state index in [1.54, 1.807) is 30.9 Å². The molecule has 4 rings (SSSR count). The summed E-state index contributed by atoms with van der Waals surface area (Å²) >= 11 is 0. The molecule has 3 aromatic rings. The average molecular weight is 497 g/mol. The largest absolute Gasteiger partial charge is 0.493 e. The van der Waals surface area contributed by atoms with Crippen LogP contribution in [0.1, 0.15) is 27.2 Å². The van der Waals surface area contributed by atoms with Gasteiger partial charge in [0.2, 0.25) is 0 Å². The van der Waals surface area contributed by atoms with E-state index in [2.05, 4.69) is 4.90 Å². The predicted molar refractivity (Wildman–Crippen MR) is 131 cm³/mol. The molecule has 0 saturated carbocycles. The van der Waals surface area contributed by atoms with E-state index in [4.69, 9.17) is 18.9 Å². The van der Waals surface area contributed by atoms with Crippen molar-refractivity contribution in [2.45, 2.75) is 26.1 Å². The number of fused-ring (bicyclic) bond motifs is 1. The topological polar surface area (TPSA) is 79.2 Å². The Kier molecular flexibility index (Phi) is 7.90. The Hall–Kier alpha value is -3.85. The summed E-state index contributed by atoms with van der Waals surface area (Å²) in [5.74, 6) is 0.555. The summed E-state index contributed by atoms with van der Waals surface area (Å²) in [6, 6.07) is 13.0. The first-order valence-electron chi connectivity index (χ1n) is 11.6. The Labute approximate surface area is 208 Å². The van der Waals surface area contributed by atoms with Gasteiger partial charge in [0.25, 0.3) is 5.56 Å². The quantitative estimate of drug-likeness (QED) is 0.442. The number of pyridine rings is 1. The molecule has 2 heterocycles. The number of carbonyl (C=O) groups is 1.